The van der Waals surface area contributed by atoms with Crippen LogP contribution < -0.4 is 4.74 Å². The van der Waals surface area contributed by atoms with Crippen molar-refractivity contribution in [3.8, 4) is 5.75 Å². The van der Waals surface area contributed by atoms with E-state index < -0.39 is 0 Å². The molecule has 3 rings (SSSR count). The Labute approximate surface area is 155 Å². The second kappa shape index (κ2) is 8.21. The number of ether oxygens (including phenoxy) is 1. The van der Waals surface area contributed by atoms with E-state index in [1.54, 1.807) is 35.6 Å². The molecule has 0 N–H and O–H groups in total. The Hall–Kier alpha value is -1.27. The van der Waals surface area contributed by atoms with Gasteiger partial charge in [-0.25, -0.2) is 0 Å². The van der Waals surface area contributed by atoms with Crippen molar-refractivity contribution in [1.29, 1.82) is 0 Å². The first-order valence-electron chi connectivity index (χ1n) is 7.73. The van der Waals surface area contributed by atoms with Crippen molar-refractivity contribution in [3.05, 3.63) is 50.6 Å². The Morgan fingerprint density at radius 2 is 1.75 bits per heavy atom. The zero-order valence-corrected chi connectivity index (χ0v) is 15.4. The zero-order valence-electron chi connectivity index (χ0n) is 13.1. The predicted octanol–water partition coefficient (Wildman–Crippen LogP) is 3.78. The molecule has 1 saturated heterocycles. The molecule has 1 aromatic heterocycles. The molecule has 1 aromatic carbocycles. The van der Waals surface area contributed by atoms with Crippen molar-refractivity contribution >= 4 is 40.4 Å². The van der Waals surface area contributed by atoms with Crippen molar-refractivity contribution in [2.24, 2.45) is 0 Å². The SMILES string of the molecule is O=C(COc1ccc(Cl)cc1)N1CCN(Cc2ccc(Cl)s2)CC1. The van der Waals surface area contributed by atoms with E-state index in [4.69, 9.17) is 27.9 Å². The monoisotopic (exact) mass is 384 g/mol. The molecular weight excluding hydrogens is 367 g/mol. The average Bonchev–Trinajstić information content (AvgIpc) is 2.99. The van der Waals surface area contributed by atoms with Gasteiger partial charge in [0.05, 0.1) is 4.34 Å². The fraction of sp³-hybridized carbons (Fsp3) is 0.353. The van der Waals surface area contributed by atoms with E-state index in [0.717, 1.165) is 37.1 Å². The maximum atomic E-state index is 12.2. The smallest absolute Gasteiger partial charge is 0.260 e. The summed E-state index contributed by atoms with van der Waals surface area (Å²) >= 11 is 13.4. The van der Waals surface area contributed by atoms with Gasteiger partial charge in [-0.15, -0.1) is 11.3 Å². The number of piperazine rings is 1. The lowest BCUT2D eigenvalue weighted by Crippen LogP contribution is -2.49. The third-order valence-electron chi connectivity index (χ3n) is 3.91. The first-order valence-corrected chi connectivity index (χ1v) is 9.30. The molecule has 0 atom stereocenters. The van der Waals surface area contributed by atoms with Gasteiger partial charge in [-0.1, -0.05) is 23.2 Å². The minimum Gasteiger partial charge on any atom is -0.484 e. The van der Waals surface area contributed by atoms with Gasteiger partial charge in [-0.05, 0) is 36.4 Å². The quantitative estimate of drug-likeness (QED) is 0.786. The molecule has 0 aliphatic carbocycles. The summed E-state index contributed by atoms with van der Waals surface area (Å²) in [5.41, 5.74) is 0. The van der Waals surface area contributed by atoms with Gasteiger partial charge in [0, 0.05) is 42.6 Å². The Balaban J connectivity index is 1.42. The second-order valence-corrected chi connectivity index (χ2v) is 7.84. The molecule has 7 heteroatoms. The van der Waals surface area contributed by atoms with Crippen LogP contribution in [-0.4, -0.2) is 48.5 Å². The van der Waals surface area contributed by atoms with E-state index in [1.807, 2.05) is 11.0 Å². The van der Waals surface area contributed by atoms with Gasteiger partial charge in [0.1, 0.15) is 5.75 Å². The summed E-state index contributed by atoms with van der Waals surface area (Å²) in [5, 5.41) is 0.650. The highest BCUT2D eigenvalue weighted by Gasteiger charge is 2.21. The first kappa shape index (κ1) is 17.5. The molecule has 0 bridgehead atoms. The van der Waals surface area contributed by atoms with Crippen LogP contribution >= 0.6 is 34.5 Å². The molecule has 128 valence electrons. The van der Waals surface area contributed by atoms with Crippen molar-refractivity contribution in [2.75, 3.05) is 32.8 Å². The van der Waals surface area contributed by atoms with E-state index >= 15 is 0 Å². The molecule has 0 radical (unpaired) electrons. The molecule has 1 aliphatic rings. The molecule has 1 amide bonds. The summed E-state index contributed by atoms with van der Waals surface area (Å²) in [7, 11) is 0. The van der Waals surface area contributed by atoms with Crippen LogP contribution in [-0.2, 0) is 11.3 Å². The summed E-state index contributed by atoms with van der Waals surface area (Å²) in [5.74, 6) is 0.671. The van der Waals surface area contributed by atoms with Crippen LogP contribution in [0.3, 0.4) is 0 Å². The van der Waals surface area contributed by atoms with Gasteiger partial charge in [0.2, 0.25) is 0 Å². The second-order valence-electron chi connectivity index (χ2n) is 5.61. The van der Waals surface area contributed by atoms with Crippen molar-refractivity contribution in [2.45, 2.75) is 6.54 Å². The number of hydrogen-bond donors (Lipinski definition) is 0. The van der Waals surface area contributed by atoms with E-state index in [1.165, 1.54) is 4.88 Å². The van der Waals surface area contributed by atoms with Gasteiger partial charge in [0.15, 0.2) is 6.61 Å². The predicted molar refractivity (Wildman–Crippen MR) is 98.1 cm³/mol. The van der Waals surface area contributed by atoms with Gasteiger partial charge in [0.25, 0.3) is 5.91 Å². The highest BCUT2D eigenvalue weighted by molar-refractivity contribution is 7.16. The number of carbonyl (C=O) groups excluding carboxylic acids is 1. The number of halogens is 2. The lowest BCUT2D eigenvalue weighted by Gasteiger charge is -2.34. The lowest BCUT2D eigenvalue weighted by atomic mass is 10.3. The van der Waals surface area contributed by atoms with Crippen LogP contribution in [0.5, 0.6) is 5.75 Å². The van der Waals surface area contributed by atoms with Crippen molar-refractivity contribution in [1.82, 2.24) is 9.80 Å². The highest BCUT2D eigenvalue weighted by atomic mass is 35.5. The molecule has 1 aliphatic heterocycles. The molecule has 0 saturated carbocycles. The minimum absolute atomic E-state index is 0.0174. The van der Waals surface area contributed by atoms with E-state index in [2.05, 4.69) is 11.0 Å². The Bertz CT molecular complexity index is 682. The molecule has 1 fully saturated rings. The third kappa shape index (κ3) is 4.86. The van der Waals surface area contributed by atoms with Crippen LogP contribution in [0.4, 0.5) is 0 Å². The first-order chi connectivity index (χ1) is 11.6. The zero-order chi connectivity index (χ0) is 16.9. The number of benzene rings is 1. The van der Waals surface area contributed by atoms with Crippen LogP contribution in [0, 0.1) is 0 Å². The summed E-state index contributed by atoms with van der Waals surface area (Å²) in [4.78, 5) is 17.7. The molecule has 24 heavy (non-hydrogen) atoms. The Kier molecular flexibility index (Phi) is 6.00. The molecule has 0 spiro atoms. The normalized spacial score (nSPS) is 15.5. The number of thiophene rings is 1. The van der Waals surface area contributed by atoms with Gasteiger partial charge in [-0.2, -0.15) is 0 Å². The average molecular weight is 385 g/mol. The standard InChI is InChI=1S/C17H18Cl2N2O2S/c18-13-1-3-14(4-2-13)23-12-17(22)21-9-7-20(8-10-21)11-15-5-6-16(19)24-15/h1-6H,7-12H2. The minimum atomic E-state index is 0.0174. The maximum absolute atomic E-state index is 12.2. The Morgan fingerprint density at radius 3 is 2.38 bits per heavy atom. The van der Waals surface area contributed by atoms with Crippen LogP contribution in [0.2, 0.25) is 9.36 Å². The lowest BCUT2D eigenvalue weighted by molar-refractivity contribution is -0.135. The number of hydrogen-bond acceptors (Lipinski definition) is 4. The number of nitrogens with zero attached hydrogens (tertiary/aromatic N) is 2. The molecule has 2 aromatic rings. The fourth-order valence-corrected chi connectivity index (χ4v) is 3.84. The topological polar surface area (TPSA) is 32.8 Å². The van der Waals surface area contributed by atoms with Crippen LogP contribution in [0.1, 0.15) is 4.88 Å². The van der Waals surface area contributed by atoms with Crippen LogP contribution in [0.25, 0.3) is 0 Å². The van der Waals surface area contributed by atoms with Crippen molar-refractivity contribution in [3.63, 3.8) is 0 Å². The number of amides is 1. The number of rotatable bonds is 5. The van der Waals surface area contributed by atoms with E-state index in [0.29, 0.717) is 10.8 Å². The summed E-state index contributed by atoms with van der Waals surface area (Å²) in [6.45, 7) is 4.12. The summed E-state index contributed by atoms with van der Waals surface area (Å²) in [6.07, 6.45) is 0. The molecule has 2 heterocycles. The Morgan fingerprint density at radius 1 is 1.04 bits per heavy atom. The molecule has 0 unspecified atom stereocenters. The molecule has 4 nitrogen and oxygen atoms in total. The van der Waals surface area contributed by atoms with E-state index in [9.17, 15) is 4.79 Å². The molecular formula is C17H18Cl2N2O2S. The van der Waals surface area contributed by atoms with Crippen LogP contribution in [0.15, 0.2) is 36.4 Å². The maximum Gasteiger partial charge on any atom is 0.260 e. The summed E-state index contributed by atoms with van der Waals surface area (Å²) < 4.78 is 6.34. The third-order valence-corrected chi connectivity index (χ3v) is 5.38. The van der Waals surface area contributed by atoms with Gasteiger partial charge < -0.3 is 9.64 Å². The summed E-state index contributed by atoms with van der Waals surface area (Å²) in [6, 6.07) is 11.0. The fourth-order valence-electron chi connectivity index (χ4n) is 2.58. The van der Waals surface area contributed by atoms with Gasteiger partial charge >= 0.3 is 0 Å². The number of carbonyl (C=O) groups is 1. The highest BCUT2D eigenvalue weighted by Crippen LogP contribution is 2.23. The van der Waals surface area contributed by atoms with Gasteiger partial charge in [-0.3, -0.25) is 9.69 Å². The van der Waals surface area contributed by atoms with Crippen molar-refractivity contribution < 1.29 is 9.53 Å². The van der Waals surface area contributed by atoms with E-state index in [-0.39, 0.29) is 12.5 Å². The largest absolute Gasteiger partial charge is 0.484 e.